The molecule has 1 aliphatic heterocycles. The van der Waals surface area contributed by atoms with Crippen LogP contribution >= 0.6 is 28.3 Å². The van der Waals surface area contributed by atoms with Crippen LogP contribution in [0.3, 0.4) is 0 Å². The van der Waals surface area contributed by atoms with E-state index in [1.54, 1.807) is 18.2 Å². The lowest BCUT2D eigenvalue weighted by Gasteiger charge is -2.27. The summed E-state index contributed by atoms with van der Waals surface area (Å²) in [5.41, 5.74) is 5.40. The zero-order chi connectivity index (χ0) is 21.6. The number of hydrogen-bond acceptors (Lipinski definition) is 9. The van der Waals surface area contributed by atoms with E-state index in [4.69, 9.17) is 4.74 Å². The third kappa shape index (κ3) is 6.06. The second-order valence-electron chi connectivity index (χ2n) is 6.92. The van der Waals surface area contributed by atoms with Crippen LogP contribution in [0.1, 0.15) is 11.1 Å². The van der Waals surface area contributed by atoms with Gasteiger partial charge in [-0.25, -0.2) is 5.43 Å². The van der Waals surface area contributed by atoms with Crippen LogP contribution in [0, 0.1) is 6.92 Å². The number of benzene rings is 2. The molecule has 4 rings (SSSR count). The number of phenolic OH excluding ortho intramolecular Hbond substituents is 1. The zero-order valence-corrected chi connectivity index (χ0v) is 19.7. The average molecular weight is 521 g/mol. The molecule has 11 heteroatoms. The second kappa shape index (κ2) is 11.1. The number of ether oxygens (including phenoxy) is 1. The predicted molar refractivity (Wildman–Crippen MR) is 132 cm³/mol. The molecular weight excluding hydrogens is 498 g/mol. The van der Waals surface area contributed by atoms with E-state index in [1.807, 2.05) is 36.1 Å². The molecule has 0 saturated carbocycles. The van der Waals surface area contributed by atoms with E-state index in [0.29, 0.717) is 43.8 Å². The third-order valence-electron chi connectivity index (χ3n) is 4.59. The number of halogens is 2. The van der Waals surface area contributed by atoms with E-state index < -0.39 is 0 Å². The second-order valence-corrected chi connectivity index (χ2v) is 7.77. The molecule has 1 aromatic heterocycles. The van der Waals surface area contributed by atoms with Gasteiger partial charge < -0.3 is 20.1 Å². The van der Waals surface area contributed by atoms with Crippen molar-refractivity contribution < 1.29 is 9.84 Å². The fourth-order valence-electron chi connectivity index (χ4n) is 2.97. The number of rotatable bonds is 6. The highest BCUT2D eigenvalue weighted by Gasteiger charge is 2.17. The molecule has 0 spiro atoms. The summed E-state index contributed by atoms with van der Waals surface area (Å²) in [6.45, 7) is 4.65. The van der Waals surface area contributed by atoms with Crippen molar-refractivity contribution in [3.05, 3.63) is 58.1 Å². The van der Waals surface area contributed by atoms with E-state index in [1.165, 1.54) is 6.21 Å². The Hall–Kier alpha value is -2.95. The Bertz CT molecular complexity index is 1090. The minimum Gasteiger partial charge on any atom is -0.507 e. The number of nitrogens with zero attached hydrogens (tertiary/aromatic N) is 5. The Labute approximate surface area is 200 Å². The summed E-state index contributed by atoms with van der Waals surface area (Å²) in [4.78, 5) is 15.6. The van der Waals surface area contributed by atoms with Crippen LogP contribution in [0.15, 0.2) is 52.0 Å². The molecule has 3 aromatic rings. The number of hydrogen-bond donors (Lipinski definition) is 3. The molecule has 32 heavy (non-hydrogen) atoms. The molecule has 0 unspecified atom stereocenters. The first-order valence-corrected chi connectivity index (χ1v) is 10.6. The monoisotopic (exact) mass is 519 g/mol. The molecule has 9 nitrogen and oxygen atoms in total. The maximum Gasteiger partial charge on any atom is 0.250 e. The molecule has 0 aliphatic carbocycles. The van der Waals surface area contributed by atoms with Crippen molar-refractivity contribution in [3.8, 4) is 5.75 Å². The lowest BCUT2D eigenvalue weighted by atomic mass is 10.2. The molecular formula is C21H23BrClN7O2. The number of nitrogens with one attached hydrogen (secondary N) is 2. The molecule has 0 atom stereocenters. The van der Waals surface area contributed by atoms with E-state index in [2.05, 4.69) is 46.7 Å². The standard InChI is InChI=1S/C21H22BrN7O2.ClH/c1-14-6-7-17(16(22)12-14)24-19-25-20(27-21(26-19)29-8-10-31-11-9-29)28-23-13-15-4-2-3-5-18(15)30;/h2-7,12-13,30H,8-11H2,1H3,(H2,24,25,26,27,28);1H/b23-13+;. The summed E-state index contributed by atoms with van der Waals surface area (Å²) in [7, 11) is 0. The first kappa shape index (κ1) is 23.7. The Balaban J connectivity index is 0.00000289. The summed E-state index contributed by atoms with van der Waals surface area (Å²) in [5.74, 6) is 1.35. The van der Waals surface area contributed by atoms with Crippen LogP contribution in [0.2, 0.25) is 0 Å². The largest absolute Gasteiger partial charge is 0.507 e. The van der Waals surface area contributed by atoms with Crippen molar-refractivity contribution in [2.45, 2.75) is 6.92 Å². The van der Waals surface area contributed by atoms with Crippen LogP contribution < -0.4 is 15.6 Å². The van der Waals surface area contributed by atoms with Gasteiger partial charge >= 0.3 is 0 Å². The highest BCUT2D eigenvalue weighted by atomic mass is 79.9. The van der Waals surface area contributed by atoms with Crippen molar-refractivity contribution in [1.82, 2.24) is 15.0 Å². The normalized spacial score (nSPS) is 13.6. The van der Waals surface area contributed by atoms with Gasteiger partial charge in [0.05, 0.1) is 25.1 Å². The fraction of sp³-hybridized carbons (Fsp3) is 0.238. The number of phenols is 1. The molecule has 0 radical (unpaired) electrons. The van der Waals surface area contributed by atoms with E-state index in [-0.39, 0.29) is 24.1 Å². The molecule has 0 amide bonds. The van der Waals surface area contributed by atoms with Gasteiger partial charge in [-0.1, -0.05) is 18.2 Å². The Morgan fingerprint density at radius 3 is 2.59 bits per heavy atom. The number of aromatic hydroxyl groups is 1. The first-order chi connectivity index (χ1) is 15.1. The van der Waals surface area contributed by atoms with Gasteiger partial charge in [0.15, 0.2) is 0 Å². The topological polar surface area (TPSA) is 108 Å². The molecule has 2 heterocycles. The van der Waals surface area contributed by atoms with Gasteiger partial charge in [0.1, 0.15) is 5.75 Å². The van der Waals surface area contributed by atoms with Gasteiger partial charge in [0.2, 0.25) is 17.8 Å². The van der Waals surface area contributed by atoms with Crippen LogP contribution in [-0.2, 0) is 4.74 Å². The van der Waals surface area contributed by atoms with Crippen LogP contribution in [0.25, 0.3) is 0 Å². The Kier molecular flexibility index (Phi) is 8.20. The van der Waals surface area contributed by atoms with E-state index >= 15 is 0 Å². The summed E-state index contributed by atoms with van der Waals surface area (Å²) in [6, 6.07) is 12.9. The molecule has 2 aromatic carbocycles. The van der Waals surface area contributed by atoms with Gasteiger partial charge in [-0.2, -0.15) is 20.1 Å². The Morgan fingerprint density at radius 2 is 1.84 bits per heavy atom. The molecule has 1 fully saturated rings. The molecule has 1 saturated heterocycles. The highest BCUT2D eigenvalue weighted by molar-refractivity contribution is 9.10. The van der Waals surface area contributed by atoms with Gasteiger partial charge in [-0.05, 0) is 52.7 Å². The first-order valence-electron chi connectivity index (χ1n) is 9.77. The highest BCUT2D eigenvalue weighted by Crippen LogP contribution is 2.26. The van der Waals surface area contributed by atoms with Gasteiger partial charge in [-0.3, -0.25) is 0 Å². The maximum atomic E-state index is 9.88. The number of anilines is 4. The number of aromatic nitrogens is 3. The smallest absolute Gasteiger partial charge is 0.250 e. The van der Waals surface area contributed by atoms with Gasteiger partial charge in [0.25, 0.3) is 0 Å². The molecule has 0 bridgehead atoms. The van der Waals surface area contributed by atoms with E-state index in [9.17, 15) is 5.11 Å². The minimum atomic E-state index is 0. The van der Waals surface area contributed by atoms with Gasteiger partial charge in [-0.15, -0.1) is 12.4 Å². The van der Waals surface area contributed by atoms with Crippen molar-refractivity contribution in [2.75, 3.05) is 41.9 Å². The number of hydrazone groups is 1. The van der Waals surface area contributed by atoms with Crippen molar-refractivity contribution in [2.24, 2.45) is 5.10 Å². The Morgan fingerprint density at radius 1 is 1.09 bits per heavy atom. The average Bonchev–Trinajstić information content (AvgIpc) is 2.78. The lowest BCUT2D eigenvalue weighted by Crippen LogP contribution is -2.37. The molecule has 1 aliphatic rings. The van der Waals surface area contributed by atoms with Crippen molar-refractivity contribution >= 4 is 58.1 Å². The number of morpholine rings is 1. The van der Waals surface area contributed by atoms with Crippen LogP contribution in [-0.4, -0.2) is 52.6 Å². The lowest BCUT2D eigenvalue weighted by molar-refractivity contribution is 0.122. The summed E-state index contributed by atoms with van der Waals surface area (Å²) < 4.78 is 6.34. The van der Waals surface area contributed by atoms with Crippen molar-refractivity contribution in [1.29, 1.82) is 0 Å². The van der Waals surface area contributed by atoms with E-state index in [0.717, 1.165) is 15.7 Å². The fourth-order valence-corrected chi connectivity index (χ4v) is 3.57. The molecule has 168 valence electrons. The van der Waals surface area contributed by atoms with Crippen molar-refractivity contribution in [3.63, 3.8) is 0 Å². The minimum absolute atomic E-state index is 0. The third-order valence-corrected chi connectivity index (χ3v) is 5.25. The maximum absolute atomic E-state index is 9.88. The summed E-state index contributed by atoms with van der Waals surface area (Å²) in [6.07, 6.45) is 1.51. The predicted octanol–water partition coefficient (Wildman–Crippen LogP) is 4.10. The van der Waals surface area contributed by atoms with Gasteiger partial charge in [0, 0.05) is 23.1 Å². The quantitative estimate of drug-likeness (QED) is 0.329. The summed E-state index contributed by atoms with van der Waals surface area (Å²) >= 11 is 3.57. The number of aryl methyl sites for hydroxylation is 1. The SMILES string of the molecule is Cc1ccc(Nc2nc(N/N=C/c3ccccc3O)nc(N3CCOCC3)n2)c(Br)c1.Cl. The van der Waals surface area contributed by atoms with Crippen LogP contribution in [0.5, 0.6) is 5.75 Å². The number of para-hydroxylation sites is 1. The summed E-state index contributed by atoms with van der Waals surface area (Å²) in [5, 5.41) is 17.3. The molecule has 3 N–H and O–H groups in total. The van der Waals surface area contributed by atoms with Crippen LogP contribution in [0.4, 0.5) is 23.5 Å². The zero-order valence-electron chi connectivity index (χ0n) is 17.3.